The maximum absolute atomic E-state index is 12.7. The Labute approximate surface area is 94.1 Å². The highest BCUT2D eigenvalue weighted by Crippen LogP contribution is 2.22. The van der Waals surface area contributed by atoms with Gasteiger partial charge in [-0.1, -0.05) is 0 Å². The number of aromatic nitrogens is 1. The van der Waals surface area contributed by atoms with Crippen LogP contribution in [0.25, 0.3) is 0 Å². The molecule has 2 heterocycles. The molecule has 0 aromatic carbocycles. The lowest BCUT2D eigenvalue weighted by atomic mass is 10.0. The first-order valence-corrected chi connectivity index (χ1v) is 5.75. The van der Waals surface area contributed by atoms with E-state index in [1.54, 1.807) is 6.07 Å². The highest BCUT2D eigenvalue weighted by atomic mass is 35.5. The number of hydrogen-bond donors (Lipinski definition) is 0. The first-order valence-electron chi connectivity index (χ1n) is 5.22. The SMILES string of the molecule is Fc1ccc(N2CCCC(CCl)C2)nc1. The van der Waals surface area contributed by atoms with Crippen LogP contribution in [0.4, 0.5) is 10.2 Å². The largest absolute Gasteiger partial charge is 0.356 e. The van der Waals surface area contributed by atoms with Crippen molar-refractivity contribution in [3.8, 4) is 0 Å². The lowest BCUT2D eigenvalue weighted by Crippen LogP contribution is -2.36. The van der Waals surface area contributed by atoms with Crippen LogP contribution in [-0.2, 0) is 0 Å². The molecule has 1 saturated heterocycles. The summed E-state index contributed by atoms with van der Waals surface area (Å²) >= 11 is 5.85. The predicted octanol–water partition coefficient (Wildman–Crippen LogP) is 2.68. The summed E-state index contributed by atoms with van der Waals surface area (Å²) in [7, 11) is 0. The van der Waals surface area contributed by atoms with Gasteiger partial charge in [-0.2, -0.15) is 0 Å². The smallest absolute Gasteiger partial charge is 0.141 e. The van der Waals surface area contributed by atoms with Crippen molar-refractivity contribution in [2.24, 2.45) is 5.92 Å². The van der Waals surface area contributed by atoms with Gasteiger partial charge in [-0.25, -0.2) is 9.37 Å². The normalized spacial score (nSPS) is 21.7. The first-order chi connectivity index (χ1) is 7.29. The van der Waals surface area contributed by atoms with Gasteiger partial charge in [0.25, 0.3) is 0 Å². The number of halogens is 2. The quantitative estimate of drug-likeness (QED) is 0.724. The van der Waals surface area contributed by atoms with Crippen LogP contribution in [-0.4, -0.2) is 24.0 Å². The topological polar surface area (TPSA) is 16.1 Å². The minimum absolute atomic E-state index is 0.287. The summed E-state index contributed by atoms with van der Waals surface area (Å²) in [6.07, 6.45) is 3.58. The zero-order chi connectivity index (χ0) is 10.7. The van der Waals surface area contributed by atoms with Crippen molar-refractivity contribution >= 4 is 17.4 Å². The second kappa shape index (κ2) is 4.79. The molecule has 0 amide bonds. The summed E-state index contributed by atoms with van der Waals surface area (Å²) in [4.78, 5) is 6.26. The average Bonchev–Trinajstić information content (AvgIpc) is 2.30. The molecule has 0 bridgehead atoms. The molecule has 0 radical (unpaired) electrons. The van der Waals surface area contributed by atoms with Gasteiger partial charge in [0.1, 0.15) is 11.6 Å². The van der Waals surface area contributed by atoms with E-state index in [1.165, 1.54) is 18.7 Å². The van der Waals surface area contributed by atoms with Crippen LogP contribution in [0.1, 0.15) is 12.8 Å². The summed E-state index contributed by atoms with van der Waals surface area (Å²) in [6.45, 7) is 1.92. The van der Waals surface area contributed by atoms with E-state index in [4.69, 9.17) is 11.6 Å². The fourth-order valence-corrected chi connectivity index (χ4v) is 2.21. The molecule has 1 aromatic heterocycles. The van der Waals surface area contributed by atoms with Crippen molar-refractivity contribution < 1.29 is 4.39 Å². The van der Waals surface area contributed by atoms with Gasteiger partial charge in [0, 0.05) is 19.0 Å². The Morgan fingerprint density at radius 1 is 1.53 bits per heavy atom. The highest BCUT2D eigenvalue weighted by molar-refractivity contribution is 6.18. The number of anilines is 1. The fraction of sp³-hybridized carbons (Fsp3) is 0.545. The number of hydrogen-bond acceptors (Lipinski definition) is 2. The molecular formula is C11H14ClFN2. The maximum Gasteiger partial charge on any atom is 0.141 e. The van der Waals surface area contributed by atoms with E-state index in [2.05, 4.69) is 9.88 Å². The van der Waals surface area contributed by atoms with Crippen LogP contribution >= 0.6 is 11.6 Å². The second-order valence-corrected chi connectivity index (χ2v) is 4.25. The number of pyridine rings is 1. The lowest BCUT2D eigenvalue weighted by molar-refractivity contribution is 0.448. The molecule has 82 valence electrons. The molecule has 1 atom stereocenters. The minimum Gasteiger partial charge on any atom is -0.356 e. The summed E-state index contributed by atoms with van der Waals surface area (Å²) in [5, 5.41) is 0. The van der Waals surface area contributed by atoms with E-state index < -0.39 is 0 Å². The van der Waals surface area contributed by atoms with Gasteiger partial charge in [0.05, 0.1) is 6.20 Å². The van der Waals surface area contributed by atoms with E-state index >= 15 is 0 Å². The van der Waals surface area contributed by atoms with Crippen LogP contribution < -0.4 is 4.90 Å². The van der Waals surface area contributed by atoms with Gasteiger partial charge in [0.2, 0.25) is 0 Å². The Morgan fingerprint density at radius 3 is 3.07 bits per heavy atom. The van der Waals surface area contributed by atoms with E-state index in [0.29, 0.717) is 11.8 Å². The van der Waals surface area contributed by atoms with Crippen molar-refractivity contribution in [1.29, 1.82) is 0 Å². The molecule has 1 fully saturated rings. The van der Waals surface area contributed by atoms with Gasteiger partial charge in [-0.15, -0.1) is 11.6 Å². The highest BCUT2D eigenvalue weighted by Gasteiger charge is 2.19. The van der Waals surface area contributed by atoms with Gasteiger partial charge < -0.3 is 4.90 Å². The van der Waals surface area contributed by atoms with E-state index in [-0.39, 0.29) is 5.82 Å². The number of nitrogens with zero attached hydrogens (tertiary/aromatic N) is 2. The molecule has 0 N–H and O–H groups in total. The molecule has 1 unspecified atom stereocenters. The monoisotopic (exact) mass is 228 g/mol. The molecule has 2 nitrogen and oxygen atoms in total. The third kappa shape index (κ3) is 2.59. The maximum atomic E-state index is 12.7. The first kappa shape index (κ1) is 10.7. The molecule has 15 heavy (non-hydrogen) atoms. The molecule has 2 rings (SSSR count). The molecule has 0 spiro atoms. The number of alkyl halides is 1. The molecule has 1 aliphatic heterocycles. The zero-order valence-electron chi connectivity index (χ0n) is 8.50. The predicted molar refractivity (Wildman–Crippen MR) is 59.9 cm³/mol. The Morgan fingerprint density at radius 2 is 2.40 bits per heavy atom. The average molecular weight is 229 g/mol. The molecule has 0 saturated carbocycles. The standard InChI is InChI=1S/C11H14ClFN2/c12-6-9-2-1-5-15(8-9)11-4-3-10(13)7-14-11/h3-4,7,9H,1-2,5-6,8H2. The van der Waals surface area contributed by atoms with Crippen LogP contribution in [0, 0.1) is 11.7 Å². The third-order valence-electron chi connectivity index (χ3n) is 2.77. The summed E-state index contributed by atoms with van der Waals surface area (Å²) in [6, 6.07) is 3.18. The Hall–Kier alpha value is -0.830. The van der Waals surface area contributed by atoms with Crippen molar-refractivity contribution in [2.75, 3.05) is 23.9 Å². The van der Waals surface area contributed by atoms with Gasteiger partial charge in [-0.3, -0.25) is 0 Å². The minimum atomic E-state index is -0.287. The summed E-state index contributed by atoms with van der Waals surface area (Å²) in [5.74, 6) is 1.79. The fourth-order valence-electron chi connectivity index (χ4n) is 1.95. The van der Waals surface area contributed by atoms with Crippen LogP contribution in [0.2, 0.25) is 0 Å². The molecule has 1 aliphatic rings. The van der Waals surface area contributed by atoms with Gasteiger partial charge in [-0.05, 0) is 30.9 Å². The summed E-state index contributed by atoms with van der Waals surface area (Å²) < 4.78 is 12.7. The van der Waals surface area contributed by atoms with Crippen LogP contribution in [0.5, 0.6) is 0 Å². The van der Waals surface area contributed by atoms with Crippen molar-refractivity contribution in [2.45, 2.75) is 12.8 Å². The van der Waals surface area contributed by atoms with E-state index in [1.807, 2.05) is 0 Å². The van der Waals surface area contributed by atoms with Crippen LogP contribution in [0.15, 0.2) is 18.3 Å². The third-order valence-corrected chi connectivity index (χ3v) is 3.21. The van der Waals surface area contributed by atoms with E-state index in [9.17, 15) is 4.39 Å². The lowest BCUT2D eigenvalue weighted by Gasteiger charge is -2.32. The Kier molecular flexibility index (Phi) is 3.41. The summed E-state index contributed by atoms with van der Waals surface area (Å²) in [5.41, 5.74) is 0. The van der Waals surface area contributed by atoms with Crippen molar-refractivity contribution in [3.63, 3.8) is 0 Å². The Bertz CT molecular complexity index is 315. The second-order valence-electron chi connectivity index (χ2n) is 3.94. The van der Waals surface area contributed by atoms with Crippen LogP contribution in [0.3, 0.4) is 0 Å². The number of piperidine rings is 1. The molecule has 4 heteroatoms. The zero-order valence-corrected chi connectivity index (χ0v) is 9.25. The number of rotatable bonds is 2. The van der Waals surface area contributed by atoms with Gasteiger partial charge in [0.15, 0.2) is 0 Å². The van der Waals surface area contributed by atoms with E-state index in [0.717, 1.165) is 25.3 Å². The molecule has 0 aliphatic carbocycles. The van der Waals surface area contributed by atoms with Crippen molar-refractivity contribution in [3.05, 3.63) is 24.1 Å². The Balaban J connectivity index is 2.06. The van der Waals surface area contributed by atoms with Gasteiger partial charge >= 0.3 is 0 Å². The molecular weight excluding hydrogens is 215 g/mol. The van der Waals surface area contributed by atoms with Crippen molar-refractivity contribution in [1.82, 2.24) is 4.98 Å². The molecule has 1 aromatic rings.